The molecule has 1 saturated carbocycles. The van der Waals surface area contributed by atoms with Crippen molar-refractivity contribution in [1.29, 1.82) is 0 Å². The van der Waals surface area contributed by atoms with Gasteiger partial charge in [-0.05, 0) is 49.2 Å². The third-order valence-electron chi connectivity index (χ3n) is 4.69. The van der Waals surface area contributed by atoms with Gasteiger partial charge in [0.1, 0.15) is 12.1 Å². The summed E-state index contributed by atoms with van der Waals surface area (Å²) in [5.41, 5.74) is 1.58. The summed E-state index contributed by atoms with van der Waals surface area (Å²) >= 11 is 0. The van der Waals surface area contributed by atoms with Crippen molar-refractivity contribution in [3.8, 4) is 22.8 Å². The van der Waals surface area contributed by atoms with Gasteiger partial charge in [0, 0.05) is 17.0 Å². The molecular weight excluding hydrogens is 375 g/mol. The van der Waals surface area contributed by atoms with Crippen LogP contribution in [0.25, 0.3) is 22.8 Å². The number of amides is 1. The van der Waals surface area contributed by atoms with E-state index in [2.05, 4.69) is 30.6 Å². The standard InChI is InChI=1S/C20H15FN6O2/c21-14-2-1-3-15(16(14)18-22-10-23-26-18)24-19(28)12-6-8-13(9-7-12)20-25-17(27-29-20)11-4-5-11/h1-3,6-11H,4-5H2,(H,24,28)(H,22,23,26). The molecule has 2 aromatic heterocycles. The van der Waals surface area contributed by atoms with Crippen LogP contribution in [-0.2, 0) is 0 Å². The minimum atomic E-state index is -0.516. The van der Waals surface area contributed by atoms with Crippen LogP contribution in [0.15, 0.2) is 53.3 Å². The van der Waals surface area contributed by atoms with Gasteiger partial charge in [-0.1, -0.05) is 11.2 Å². The molecule has 29 heavy (non-hydrogen) atoms. The van der Waals surface area contributed by atoms with Crippen molar-refractivity contribution in [3.05, 3.63) is 66.0 Å². The smallest absolute Gasteiger partial charge is 0.257 e. The molecule has 0 spiro atoms. The number of carbonyl (C=O) groups excluding carboxylic acids is 1. The van der Waals surface area contributed by atoms with Gasteiger partial charge < -0.3 is 9.84 Å². The molecule has 0 unspecified atom stereocenters. The molecule has 1 fully saturated rings. The highest BCUT2D eigenvalue weighted by Crippen LogP contribution is 2.38. The maximum Gasteiger partial charge on any atom is 0.257 e. The Morgan fingerprint density at radius 2 is 2.00 bits per heavy atom. The van der Waals surface area contributed by atoms with E-state index in [0.29, 0.717) is 23.1 Å². The number of hydrogen-bond acceptors (Lipinski definition) is 6. The van der Waals surface area contributed by atoms with Gasteiger partial charge in [-0.3, -0.25) is 9.89 Å². The molecular formula is C20H15FN6O2. The number of nitrogens with zero attached hydrogens (tertiary/aromatic N) is 4. The van der Waals surface area contributed by atoms with E-state index in [1.807, 2.05) is 0 Å². The fourth-order valence-electron chi connectivity index (χ4n) is 3.01. The fraction of sp³-hybridized carbons (Fsp3) is 0.150. The molecule has 4 aromatic rings. The lowest BCUT2D eigenvalue weighted by atomic mass is 10.1. The molecule has 1 aliphatic rings. The molecule has 2 aromatic carbocycles. The molecule has 1 amide bonds. The van der Waals surface area contributed by atoms with Crippen molar-refractivity contribution < 1.29 is 13.7 Å². The van der Waals surface area contributed by atoms with E-state index in [1.165, 1.54) is 18.5 Å². The number of H-pyrrole nitrogens is 1. The zero-order valence-electron chi connectivity index (χ0n) is 15.1. The Labute approximate surface area is 164 Å². The Kier molecular flexibility index (Phi) is 4.12. The number of aromatic amines is 1. The van der Waals surface area contributed by atoms with Crippen LogP contribution in [0.5, 0.6) is 0 Å². The minimum absolute atomic E-state index is 0.147. The lowest BCUT2D eigenvalue weighted by Gasteiger charge is -2.10. The highest BCUT2D eigenvalue weighted by molar-refractivity contribution is 6.06. The Morgan fingerprint density at radius 3 is 2.72 bits per heavy atom. The summed E-state index contributed by atoms with van der Waals surface area (Å²) in [5.74, 6) is 0.897. The molecule has 0 aliphatic heterocycles. The van der Waals surface area contributed by atoms with Gasteiger partial charge in [-0.15, -0.1) is 0 Å². The Bertz CT molecular complexity index is 1170. The fourth-order valence-corrected chi connectivity index (χ4v) is 3.01. The average molecular weight is 390 g/mol. The van der Waals surface area contributed by atoms with Gasteiger partial charge in [0.25, 0.3) is 11.8 Å². The number of halogens is 1. The molecule has 0 bridgehead atoms. The summed E-state index contributed by atoms with van der Waals surface area (Å²) in [4.78, 5) is 21.0. The van der Waals surface area contributed by atoms with Gasteiger partial charge >= 0.3 is 0 Å². The number of nitrogens with one attached hydrogen (secondary N) is 2. The third-order valence-corrected chi connectivity index (χ3v) is 4.69. The SMILES string of the molecule is O=C(Nc1cccc(F)c1-c1ncn[nH]1)c1ccc(-c2nc(C3CC3)no2)cc1. The summed E-state index contributed by atoms with van der Waals surface area (Å²) in [5, 5.41) is 13.1. The zero-order chi connectivity index (χ0) is 19.8. The number of rotatable bonds is 5. The first-order valence-corrected chi connectivity index (χ1v) is 9.08. The molecule has 1 aliphatic carbocycles. The first-order chi connectivity index (χ1) is 14.2. The van der Waals surface area contributed by atoms with E-state index < -0.39 is 5.82 Å². The second-order valence-corrected chi connectivity index (χ2v) is 6.76. The number of anilines is 1. The molecule has 2 heterocycles. The quantitative estimate of drug-likeness (QED) is 0.536. The summed E-state index contributed by atoms with van der Waals surface area (Å²) in [6.07, 6.45) is 3.46. The van der Waals surface area contributed by atoms with Crippen molar-refractivity contribution in [3.63, 3.8) is 0 Å². The van der Waals surface area contributed by atoms with E-state index in [-0.39, 0.29) is 17.3 Å². The molecule has 5 rings (SSSR count). The van der Waals surface area contributed by atoms with Crippen LogP contribution in [0.1, 0.15) is 34.9 Å². The molecule has 2 N–H and O–H groups in total. The van der Waals surface area contributed by atoms with Crippen molar-refractivity contribution in [2.24, 2.45) is 0 Å². The van der Waals surface area contributed by atoms with Crippen molar-refractivity contribution in [2.75, 3.05) is 5.32 Å². The van der Waals surface area contributed by atoms with E-state index in [4.69, 9.17) is 4.52 Å². The first-order valence-electron chi connectivity index (χ1n) is 9.08. The molecule has 0 saturated heterocycles. The lowest BCUT2D eigenvalue weighted by molar-refractivity contribution is 0.102. The zero-order valence-corrected chi connectivity index (χ0v) is 15.1. The normalized spacial score (nSPS) is 13.4. The minimum Gasteiger partial charge on any atom is -0.334 e. The van der Waals surface area contributed by atoms with Gasteiger partial charge in [0.05, 0.1) is 11.3 Å². The van der Waals surface area contributed by atoms with Crippen LogP contribution in [-0.4, -0.2) is 31.2 Å². The Hall–Kier alpha value is -3.88. The van der Waals surface area contributed by atoms with E-state index in [0.717, 1.165) is 24.2 Å². The summed E-state index contributed by atoms with van der Waals surface area (Å²) in [6, 6.07) is 11.2. The highest BCUT2D eigenvalue weighted by Gasteiger charge is 2.29. The predicted molar refractivity (Wildman–Crippen MR) is 101 cm³/mol. The maximum atomic E-state index is 14.3. The monoisotopic (exact) mass is 390 g/mol. The first kappa shape index (κ1) is 17.2. The van der Waals surface area contributed by atoms with Gasteiger partial charge in [-0.25, -0.2) is 9.37 Å². The van der Waals surface area contributed by atoms with Gasteiger partial charge in [0.15, 0.2) is 11.6 Å². The van der Waals surface area contributed by atoms with E-state index >= 15 is 0 Å². The van der Waals surface area contributed by atoms with Crippen LogP contribution in [0, 0.1) is 5.82 Å². The van der Waals surface area contributed by atoms with Crippen LogP contribution in [0.2, 0.25) is 0 Å². The topological polar surface area (TPSA) is 110 Å². The average Bonchev–Trinajstić information content (AvgIpc) is 3.23. The molecule has 144 valence electrons. The second kappa shape index (κ2) is 6.93. The molecule has 8 nitrogen and oxygen atoms in total. The predicted octanol–water partition coefficient (Wildman–Crippen LogP) is 3.79. The third kappa shape index (κ3) is 3.38. The molecule has 0 atom stereocenters. The number of benzene rings is 2. The van der Waals surface area contributed by atoms with Gasteiger partial charge in [-0.2, -0.15) is 10.1 Å². The lowest BCUT2D eigenvalue weighted by Crippen LogP contribution is -2.13. The van der Waals surface area contributed by atoms with E-state index in [1.54, 1.807) is 30.3 Å². The largest absolute Gasteiger partial charge is 0.334 e. The van der Waals surface area contributed by atoms with Crippen molar-refractivity contribution in [1.82, 2.24) is 25.3 Å². The Balaban J connectivity index is 1.37. The van der Waals surface area contributed by atoms with Crippen LogP contribution in [0.3, 0.4) is 0 Å². The number of carbonyl (C=O) groups is 1. The molecule has 0 radical (unpaired) electrons. The number of hydrogen-bond donors (Lipinski definition) is 2. The summed E-state index contributed by atoms with van der Waals surface area (Å²) < 4.78 is 19.6. The van der Waals surface area contributed by atoms with E-state index in [9.17, 15) is 9.18 Å². The molecule has 9 heteroatoms. The number of aromatic nitrogens is 5. The maximum absolute atomic E-state index is 14.3. The van der Waals surface area contributed by atoms with Crippen LogP contribution < -0.4 is 5.32 Å². The summed E-state index contributed by atoms with van der Waals surface area (Å²) in [7, 11) is 0. The van der Waals surface area contributed by atoms with Crippen molar-refractivity contribution >= 4 is 11.6 Å². The van der Waals surface area contributed by atoms with Gasteiger partial charge in [0.2, 0.25) is 0 Å². The Morgan fingerprint density at radius 1 is 1.17 bits per heavy atom. The van der Waals surface area contributed by atoms with Crippen LogP contribution in [0.4, 0.5) is 10.1 Å². The summed E-state index contributed by atoms with van der Waals surface area (Å²) in [6.45, 7) is 0. The highest BCUT2D eigenvalue weighted by atomic mass is 19.1. The van der Waals surface area contributed by atoms with Crippen LogP contribution >= 0.6 is 0 Å². The van der Waals surface area contributed by atoms with Crippen molar-refractivity contribution in [2.45, 2.75) is 18.8 Å². The second-order valence-electron chi connectivity index (χ2n) is 6.76.